The van der Waals surface area contributed by atoms with Crippen LogP contribution in [0.5, 0.6) is 0 Å². The van der Waals surface area contributed by atoms with Gasteiger partial charge in [0.15, 0.2) is 0 Å². The molecular formula is C20H27N3O2. The Hall–Kier alpha value is -1.91. The van der Waals surface area contributed by atoms with Crippen molar-refractivity contribution in [2.24, 2.45) is 11.8 Å². The smallest absolute Gasteiger partial charge is 0.251 e. The molecule has 5 nitrogen and oxygen atoms in total. The van der Waals surface area contributed by atoms with Gasteiger partial charge < -0.3 is 10.6 Å². The van der Waals surface area contributed by atoms with Gasteiger partial charge in [0.05, 0.1) is 5.54 Å². The fraction of sp³-hybridized carbons (Fsp3) is 0.650. The number of hydrogen-bond donors (Lipinski definition) is 2. The number of hydrogen-bond acceptors (Lipinski definition) is 3. The van der Waals surface area contributed by atoms with Gasteiger partial charge >= 0.3 is 0 Å². The van der Waals surface area contributed by atoms with Crippen molar-refractivity contribution in [2.75, 3.05) is 6.54 Å². The van der Waals surface area contributed by atoms with Crippen LogP contribution in [0.25, 0.3) is 0 Å². The van der Waals surface area contributed by atoms with Crippen molar-refractivity contribution in [3.63, 3.8) is 0 Å². The first-order valence-corrected chi connectivity index (χ1v) is 9.65. The summed E-state index contributed by atoms with van der Waals surface area (Å²) in [6.45, 7) is 2.56. The lowest BCUT2D eigenvalue weighted by Crippen LogP contribution is -2.48. The molecule has 1 aromatic heterocycles. The molecule has 2 saturated carbocycles. The van der Waals surface area contributed by atoms with Gasteiger partial charge in [-0.25, -0.2) is 0 Å². The SMILES string of the molecule is CC(C(=O)NC1(CNC(=O)c2ccnc3c2CCC3)CC1)C1CCC1. The number of amides is 2. The molecule has 0 bridgehead atoms. The Labute approximate surface area is 149 Å². The van der Waals surface area contributed by atoms with Crippen molar-refractivity contribution in [2.45, 2.75) is 63.8 Å². The van der Waals surface area contributed by atoms with E-state index in [-0.39, 0.29) is 23.3 Å². The molecule has 0 spiro atoms. The highest BCUT2D eigenvalue weighted by Crippen LogP contribution is 2.37. The zero-order chi connectivity index (χ0) is 17.4. The fourth-order valence-corrected chi connectivity index (χ4v) is 4.05. The van der Waals surface area contributed by atoms with Crippen LogP contribution in [0.2, 0.25) is 0 Å². The second-order valence-electron chi connectivity index (χ2n) is 8.07. The third-order valence-corrected chi connectivity index (χ3v) is 6.33. The molecule has 1 heterocycles. The molecule has 5 heteroatoms. The van der Waals surface area contributed by atoms with Crippen LogP contribution in [-0.4, -0.2) is 28.9 Å². The van der Waals surface area contributed by atoms with Crippen LogP contribution in [-0.2, 0) is 17.6 Å². The van der Waals surface area contributed by atoms with Gasteiger partial charge in [-0.1, -0.05) is 13.3 Å². The van der Waals surface area contributed by atoms with E-state index in [4.69, 9.17) is 0 Å². The summed E-state index contributed by atoms with van der Waals surface area (Å²) >= 11 is 0. The maximum atomic E-state index is 12.6. The zero-order valence-corrected chi connectivity index (χ0v) is 14.9. The first-order chi connectivity index (χ1) is 12.1. The topological polar surface area (TPSA) is 71.1 Å². The van der Waals surface area contributed by atoms with Gasteiger partial charge in [-0.15, -0.1) is 0 Å². The number of nitrogens with zero attached hydrogens (tertiary/aromatic N) is 1. The Morgan fingerprint density at radius 1 is 1.28 bits per heavy atom. The molecule has 0 aromatic carbocycles. The fourth-order valence-electron chi connectivity index (χ4n) is 4.05. The van der Waals surface area contributed by atoms with Crippen molar-refractivity contribution in [3.8, 4) is 0 Å². The van der Waals surface area contributed by atoms with Crippen LogP contribution < -0.4 is 10.6 Å². The molecule has 0 aliphatic heterocycles. The summed E-state index contributed by atoms with van der Waals surface area (Å²) in [6, 6.07) is 1.82. The standard InChI is InChI=1S/C20H27N3O2/c1-13(14-4-2-5-14)18(24)23-20(9-10-20)12-22-19(25)16-8-11-21-17-7-3-6-15(16)17/h8,11,13-14H,2-7,9-10,12H2,1H3,(H,22,25)(H,23,24). The van der Waals surface area contributed by atoms with Crippen molar-refractivity contribution >= 4 is 11.8 Å². The highest BCUT2D eigenvalue weighted by Gasteiger charge is 2.45. The van der Waals surface area contributed by atoms with E-state index in [9.17, 15) is 9.59 Å². The molecular weight excluding hydrogens is 314 g/mol. The van der Waals surface area contributed by atoms with Crippen LogP contribution >= 0.6 is 0 Å². The van der Waals surface area contributed by atoms with E-state index in [1.807, 2.05) is 13.0 Å². The third-order valence-electron chi connectivity index (χ3n) is 6.33. The Morgan fingerprint density at radius 2 is 2.08 bits per heavy atom. The van der Waals surface area contributed by atoms with Crippen molar-refractivity contribution in [1.82, 2.24) is 15.6 Å². The maximum absolute atomic E-state index is 12.6. The summed E-state index contributed by atoms with van der Waals surface area (Å²) < 4.78 is 0. The molecule has 3 aliphatic rings. The Bertz CT molecular complexity index is 692. The Kier molecular flexibility index (Phi) is 4.26. The van der Waals surface area contributed by atoms with Gasteiger partial charge in [-0.3, -0.25) is 14.6 Å². The van der Waals surface area contributed by atoms with Gasteiger partial charge in [0.1, 0.15) is 0 Å². The Morgan fingerprint density at radius 3 is 2.76 bits per heavy atom. The summed E-state index contributed by atoms with van der Waals surface area (Å²) in [6.07, 6.45) is 10.2. The largest absolute Gasteiger partial charge is 0.350 e. The minimum atomic E-state index is -0.221. The van der Waals surface area contributed by atoms with Crippen molar-refractivity contribution in [3.05, 3.63) is 29.1 Å². The highest BCUT2D eigenvalue weighted by atomic mass is 16.2. The lowest BCUT2D eigenvalue weighted by molar-refractivity contribution is -0.128. The monoisotopic (exact) mass is 341 g/mol. The molecule has 25 heavy (non-hydrogen) atoms. The predicted molar refractivity (Wildman–Crippen MR) is 95.2 cm³/mol. The number of fused-ring (bicyclic) bond motifs is 1. The molecule has 1 unspecified atom stereocenters. The number of aromatic nitrogens is 1. The van der Waals surface area contributed by atoms with Crippen molar-refractivity contribution in [1.29, 1.82) is 0 Å². The molecule has 1 atom stereocenters. The average molecular weight is 341 g/mol. The second kappa shape index (κ2) is 6.43. The third kappa shape index (κ3) is 3.29. The normalized spacial score (nSPS) is 21.8. The second-order valence-corrected chi connectivity index (χ2v) is 8.07. The molecule has 0 saturated heterocycles. The van der Waals surface area contributed by atoms with E-state index in [0.29, 0.717) is 12.5 Å². The van der Waals surface area contributed by atoms with Crippen LogP contribution in [0.1, 0.15) is 67.1 Å². The predicted octanol–water partition coefficient (Wildman–Crippen LogP) is 2.39. The number of aryl methyl sites for hydroxylation is 1. The first-order valence-electron chi connectivity index (χ1n) is 9.65. The quantitative estimate of drug-likeness (QED) is 0.834. The van der Waals surface area contributed by atoms with Crippen molar-refractivity contribution < 1.29 is 9.59 Å². The summed E-state index contributed by atoms with van der Waals surface area (Å²) in [5.74, 6) is 0.754. The van der Waals surface area contributed by atoms with E-state index in [2.05, 4.69) is 15.6 Å². The van der Waals surface area contributed by atoms with Crippen LogP contribution in [0, 0.1) is 11.8 Å². The number of carbonyl (C=O) groups excluding carboxylic acids is 2. The molecule has 2 amide bonds. The molecule has 2 N–H and O–H groups in total. The van der Waals surface area contributed by atoms with Crippen LogP contribution in [0.4, 0.5) is 0 Å². The number of carbonyl (C=O) groups is 2. The van der Waals surface area contributed by atoms with E-state index >= 15 is 0 Å². The lowest BCUT2D eigenvalue weighted by Gasteiger charge is -2.32. The van der Waals surface area contributed by atoms with E-state index < -0.39 is 0 Å². The molecule has 134 valence electrons. The average Bonchev–Trinajstić information content (AvgIpc) is 3.14. The number of rotatable bonds is 6. The summed E-state index contributed by atoms with van der Waals surface area (Å²) in [5.41, 5.74) is 2.71. The van der Waals surface area contributed by atoms with Gasteiger partial charge in [0, 0.05) is 29.9 Å². The maximum Gasteiger partial charge on any atom is 0.251 e. The van der Waals surface area contributed by atoms with E-state index in [0.717, 1.165) is 48.9 Å². The molecule has 4 rings (SSSR count). The number of nitrogens with one attached hydrogen (secondary N) is 2. The van der Waals surface area contributed by atoms with Gasteiger partial charge in [0.25, 0.3) is 5.91 Å². The summed E-state index contributed by atoms with van der Waals surface area (Å²) in [7, 11) is 0. The lowest BCUT2D eigenvalue weighted by atomic mass is 9.76. The minimum Gasteiger partial charge on any atom is -0.350 e. The number of pyridine rings is 1. The highest BCUT2D eigenvalue weighted by molar-refractivity contribution is 5.96. The Balaban J connectivity index is 1.34. The first kappa shape index (κ1) is 16.6. The molecule has 2 fully saturated rings. The minimum absolute atomic E-state index is 0.0342. The van der Waals surface area contributed by atoms with Crippen LogP contribution in [0.15, 0.2) is 12.3 Å². The summed E-state index contributed by atoms with van der Waals surface area (Å²) in [5, 5.41) is 6.26. The van der Waals surface area contributed by atoms with Gasteiger partial charge in [-0.2, -0.15) is 0 Å². The molecule has 1 aromatic rings. The molecule has 3 aliphatic carbocycles. The van der Waals surface area contributed by atoms with Gasteiger partial charge in [0.2, 0.25) is 5.91 Å². The van der Waals surface area contributed by atoms with E-state index in [1.165, 1.54) is 19.3 Å². The molecule has 0 radical (unpaired) electrons. The van der Waals surface area contributed by atoms with Crippen LogP contribution in [0.3, 0.4) is 0 Å². The van der Waals surface area contributed by atoms with Gasteiger partial charge in [-0.05, 0) is 62.5 Å². The van der Waals surface area contributed by atoms with E-state index in [1.54, 1.807) is 6.20 Å². The zero-order valence-electron chi connectivity index (χ0n) is 14.9. The summed E-state index contributed by atoms with van der Waals surface area (Å²) in [4.78, 5) is 29.5.